The largest absolute Gasteiger partial charge is 0.315 e. The highest BCUT2D eigenvalue weighted by atomic mass is 16.2. The van der Waals surface area contributed by atoms with Gasteiger partial charge in [0.15, 0.2) is 0 Å². The summed E-state index contributed by atoms with van der Waals surface area (Å²) in [4.78, 5) is 13.4. The number of nitriles is 1. The summed E-state index contributed by atoms with van der Waals surface area (Å²) < 4.78 is 0. The summed E-state index contributed by atoms with van der Waals surface area (Å²) in [6.45, 7) is 4.16. The van der Waals surface area contributed by atoms with Gasteiger partial charge in [-0.25, -0.2) is 0 Å². The van der Waals surface area contributed by atoms with Gasteiger partial charge >= 0.3 is 0 Å². The minimum atomic E-state index is 0.0565. The molecule has 0 radical (unpaired) electrons. The normalized spacial score (nSPS) is 16.2. The Hall–Kier alpha value is -1.82. The molecule has 0 fully saturated rings. The molecule has 1 heterocycles. The SMILES string of the molecule is CC(C)C(C#N)Cc1ccc2c(c1)CCC(=O)N2C. The van der Waals surface area contributed by atoms with Crippen molar-refractivity contribution in [2.24, 2.45) is 11.8 Å². The first kappa shape index (κ1) is 13.6. The lowest BCUT2D eigenvalue weighted by molar-refractivity contribution is -0.118. The van der Waals surface area contributed by atoms with Crippen LogP contribution in [0.5, 0.6) is 0 Å². The van der Waals surface area contributed by atoms with E-state index >= 15 is 0 Å². The summed E-state index contributed by atoms with van der Waals surface area (Å²) >= 11 is 0. The third-order valence-corrected chi connectivity index (χ3v) is 3.91. The minimum Gasteiger partial charge on any atom is -0.315 e. The van der Waals surface area contributed by atoms with Gasteiger partial charge < -0.3 is 4.90 Å². The number of fused-ring (bicyclic) bond motifs is 1. The van der Waals surface area contributed by atoms with Gasteiger partial charge in [-0.3, -0.25) is 4.79 Å². The highest BCUT2D eigenvalue weighted by Gasteiger charge is 2.21. The van der Waals surface area contributed by atoms with E-state index in [-0.39, 0.29) is 11.8 Å². The predicted molar refractivity (Wildman–Crippen MR) is 75.8 cm³/mol. The molecule has 0 aliphatic carbocycles. The number of carbonyl (C=O) groups is 1. The zero-order valence-corrected chi connectivity index (χ0v) is 11.8. The number of hydrogen-bond acceptors (Lipinski definition) is 2. The van der Waals surface area contributed by atoms with Crippen LogP contribution in [0.25, 0.3) is 0 Å². The van der Waals surface area contributed by atoms with E-state index in [4.69, 9.17) is 0 Å². The summed E-state index contributed by atoms with van der Waals surface area (Å²) in [7, 11) is 1.83. The Morgan fingerprint density at radius 2 is 2.11 bits per heavy atom. The molecule has 3 nitrogen and oxygen atoms in total. The summed E-state index contributed by atoms with van der Waals surface area (Å²) in [5, 5.41) is 9.17. The summed E-state index contributed by atoms with van der Waals surface area (Å²) in [5.41, 5.74) is 3.43. The molecule has 0 aromatic heterocycles. The van der Waals surface area contributed by atoms with Crippen LogP contribution in [0.1, 0.15) is 31.4 Å². The zero-order chi connectivity index (χ0) is 14.0. The Morgan fingerprint density at radius 3 is 2.74 bits per heavy atom. The topological polar surface area (TPSA) is 44.1 Å². The molecule has 1 unspecified atom stereocenters. The third kappa shape index (κ3) is 2.78. The summed E-state index contributed by atoms with van der Waals surface area (Å²) in [5.74, 6) is 0.601. The number of nitrogens with zero attached hydrogens (tertiary/aromatic N) is 2. The molecule has 0 saturated carbocycles. The van der Waals surface area contributed by atoms with Crippen molar-refractivity contribution in [2.45, 2.75) is 33.1 Å². The lowest BCUT2D eigenvalue weighted by atomic mass is 9.89. The number of carbonyl (C=O) groups excluding carboxylic acids is 1. The Morgan fingerprint density at radius 1 is 1.37 bits per heavy atom. The van der Waals surface area contributed by atoms with Crippen LogP contribution in [0.15, 0.2) is 18.2 Å². The van der Waals surface area contributed by atoms with Gasteiger partial charge in [0, 0.05) is 19.2 Å². The van der Waals surface area contributed by atoms with Crippen LogP contribution in [0.3, 0.4) is 0 Å². The van der Waals surface area contributed by atoms with Gasteiger partial charge in [-0.1, -0.05) is 26.0 Å². The van der Waals surface area contributed by atoms with Crippen molar-refractivity contribution < 1.29 is 4.79 Å². The van der Waals surface area contributed by atoms with Crippen molar-refractivity contribution in [3.8, 4) is 6.07 Å². The fourth-order valence-electron chi connectivity index (χ4n) is 2.52. The van der Waals surface area contributed by atoms with E-state index in [0.29, 0.717) is 12.3 Å². The van der Waals surface area contributed by atoms with Gasteiger partial charge in [0.05, 0.1) is 12.0 Å². The Bertz CT molecular complexity index is 528. The summed E-state index contributed by atoms with van der Waals surface area (Å²) in [6, 6.07) is 8.59. The number of rotatable bonds is 3. The Balaban J connectivity index is 2.23. The number of aryl methyl sites for hydroxylation is 1. The first-order valence-corrected chi connectivity index (χ1v) is 6.81. The van der Waals surface area contributed by atoms with Crippen molar-refractivity contribution in [2.75, 3.05) is 11.9 Å². The van der Waals surface area contributed by atoms with E-state index in [9.17, 15) is 10.1 Å². The second-order valence-electron chi connectivity index (χ2n) is 5.60. The maximum Gasteiger partial charge on any atom is 0.227 e. The van der Waals surface area contributed by atoms with E-state index in [1.54, 1.807) is 4.90 Å². The van der Waals surface area contributed by atoms with Crippen LogP contribution in [0.2, 0.25) is 0 Å². The quantitative estimate of drug-likeness (QED) is 0.834. The zero-order valence-electron chi connectivity index (χ0n) is 11.8. The molecule has 1 amide bonds. The first-order chi connectivity index (χ1) is 9.02. The molecule has 1 atom stereocenters. The van der Waals surface area contributed by atoms with E-state index < -0.39 is 0 Å². The van der Waals surface area contributed by atoms with Gasteiger partial charge in [0.25, 0.3) is 0 Å². The highest BCUT2D eigenvalue weighted by molar-refractivity contribution is 5.95. The van der Waals surface area contributed by atoms with Gasteiger partial charge in [0.2, 0.25) is 5.91 Å². The smallest absolute Gasteiger partial charge is 0.227 e. The predicted octanol–water partition coefficient (Wildman–Crippen LogP) is 2.93. The molecule has 0 saturated heterocycles. The van der Waals surface area contributed by atoms with Gasteiger partial charge in [-0.2, -0.15) is 5.26 Å². The second-order valence-corrected chi connectivity index (χ2v) is 5.60. The Kier molecular flexibility index (Phi) is 3.90. The molecule has 1 aliphatic heterocycles. The first-order valence-electron chi connectivity index (χ1n) is 6.81. The molecule has 19 heavy (non-hydrogen) atoms. The third-order valence-electron chi connectivity index (χ3n) is 3.91. The second kappa shape index (κ2) is 5.44. The average molecular weight is 256 g/mol. The summed E-state index contributed by atoms with van der Waals surface area (Å²) in [6.07, 6.45) is 2.18. The molecule has 3 heteroatoms. The van der Waals surface area contributed by atoms with Crippen LogP contribution in [0, 0.1) is 23.2 Å². The van der Waals surface area contributed by atoms with E-state index in [2.05, 4.69) is 26.0 Å². The van der Waals surface area contributed by atoms with Crippen molar-refractivity contribution in [1.29, 1.82) is 5.26 Å². The molecule has 2 rings (SSSR count). The molecular weight excluding hydrogens is 236 g/mol. The van der Waals surface area contributed by atoms with Crippen molar-refractivity contribution in [1.82, 2.24) is 0 Å². The number of hydrogen-bond donors (Lipinski definition) is 0. The molecular formula is C16H20N2O. The molecule has 1 aromatic carbocycles. The number of benzene rings is 1. The van der Waals surface area contributed by atoms with E-state index in [0.717, 1.165) is 18.5 Å². The van der Waals surface area contributed by atoms with Gasteiger partial charge in [-0.05, 0) is 36.0 Å². The van der Waals surface area contributed by atoms with Crippen molar-refractivity contribution >= 4 is 11.6 Å². The van der Waals surface area contributed by atoms with E-state index in [1.807, 2.05) is 19.2 Å². The monoisotopic (exact) mass is 256 g/mol. The molecule has 1 aromatic rings. The molecule has 0 N–H and O–H groups in total. The lowest BCUT2D eigenvalue weighted by Gasteiger charge is -2.26. The fraction of sp³-hybridized carbons (Fsp3) is 0.500. The molecule has 100 valence electrons. The number of anilines is 1. The van der Waals surface area contributed by atoms with Gasteiger partial charge in [0.1, 0.15) is 0 Å². The highest BCUT2D eigenvalue weighted by Crippen LogP contribution is 2.28. The van der Waals surface area contributed by atoms with Crippen molar-refractivity contribution in [3.05, 3.63) is 29.3 Å². The molecule has 1 aliphatic rings. The minimum absolute atomic E-state index is 0.0565. The van der Waals surface area contributed by atoms with Crippen LogP contribution >= 0.6 is 0 Å². The molecule has 0 bridgehead atoms. The fourth-order valence-corrected chi connectivity index (χ4v) is 2.52. The standard InChI is InChI=1S/C16H20N2O/c1-11(2)14(10-17)9-12-4-6-15-13(8-12)5-7-16(19)18(15)3/h4,6,8,11,14H,5,7,9H2,1-3H3. The van der Waals surface area contributed by atoms with Crippen LogP contribution < -0.4 is 4.90 Å². The van der Waals surface area contributed by atoms with Crippen LogP contribution in [0.4, 0.5) is 5.69 Å². The maximum atomic E-state index is 11.6. The maximum absolute atomic E-state index is 11.6. The van der Waals surface area contributed by atoms with Crippen LogP contribution in [-0.4, -0.2) is 13.0 Å². The van der Waals surface area contributed by atoms with Crippen LogP contribution in [-0.2, 0) is 17.6 Å². The number of amides is 1. The van der Waals surface area contributed by atoms with Crippen molar-refractivity contribution in [3.63, 3.8) is 0 Å². The lowest BCUT2D eigenvalue weighted by Crippen LogP contribution is -2.31. The van der Waals surface area contributed by atoms with Gasteiger partial charge in [-0.15, -0.1) is 0 Å². The molecule has 0 spiro atoms. The Labute approximate surface area is 114 Å². The van der Waals surface area contributed by atoms with E-state index in [1.165, 1.54) is 11.1 Å². The average Bonchev–Trinajstić information content (AvgIpc) is 2.40.